The van der Waals surface area contributed by atoms with Gasteiger partial charge in [0, 0.05) is 19.0 Å². The van der Waals surface area contributed by atoms with Gasteiger partial charge in [-0.05, 0) is 42.7 Å². The Balaban J connectivity index is 1.72. The molecule has 8 nitrogen and oxygen atoms in total. The van der Waals surface area contributed by atoms with Crippen molar-refractivity contribution >= 4 is 12.3 Å². The number of aliphatic carboxylic acids is 1. The number of carbonyl (C=O) groups is 1. The largest absolute Gasteiger partial charge is 0.481 e. The quantitative estimate of drug-likeness (QED) is 0.452. The summed E-state index contributed by atoms with van der Waals surface area (Å²) in [5.74, 6) is -0.675. The van der Waals surface area contributed by atoms with Crippen LogP contribution in [0.4, 0.5) is 0 Å². The predicted molar refractivity (Wildman–Crippen MR) is 105 cm³/mol. The number of likely N-dealkylation sites (tertiary alicyclic amines) is 1. The lowest BCUT2D eigenvalue weighted by molar-refractivity contribution is -0.142. The van der Waals surface area contributed by atoms with Crippen LogP contribution in [0.5, 0.6) is 0 Å². The number of piperidine rings is 1. The molecule has 1 saturated heterocycles. The summed E-state index contributed by atoms with van der Waals surface area (Å²) in [5, 5.41) is 31.3. The highest BCUT2D eigenvalue weighted by Gasteiger charge is 2.32. The topological polar surface area (TPSA) is 119 Å². The Morgan fingerprint density at radius 1 is 1.36 bits per heavy atom. The van der Waals surface area contributed by atoms with Gasteiger partial charge >= 0.3 is 5.97 Å². The molecule has 1 aliphatic heterocycles. The maximum Gasteiger partial charge on any atom is 0.307 e. The summed E-state index contributed by atoms with van der Waals surface area (Å²) in [6, 6.07) is 8.50. The number of carboxylic acid groups (broad SMARTS) is 1. The van der Waals surface area contributed by atoms with Gasteiger partial charge in [-0.3, -0.25) is 10.2 Å². The number of tetrazole rings is 1. The van der Waals surface area contributed by atoms with Crippen LogP contribution >= 0.6 is 0 Å². The van der Waals surface area contributed by atoms with Crippen molar-refractivity contribution in [3.05, 3.63) is 41.2 Å². The molecule has 0 spiro atoms. The standard InChI is InChI=1S/C20H28N6O2/c1-2-3-17(20(27)28)18(19-22-24-25-23-19)12-14-4-6-15(7-5-14)16-8-10-26(13-21)11-9-16/h4-7,13,16-18,21H,2-3,8-12H2,1H3,(H,27,28)(H,22,23,24,25)/t17?,18-/m0/s1. The molecule has 2 atom stereocenters. The fraction of sp³-hybridized carbons (Fsp3) is 0.550. The summed E-state index contributed by atoms with van der Waals surface area (Å²) in [6.45, 7) is 3.84. The van der Waals surface area contributed by atoms with E-state index in [1.54, 1.807) is 0 Å². The van der Waals surface area contributed by atoms with Gasteiger partial charge in [0.05, 0.1) is 12.3 Å². The minimum Gasteiger partial charge on any atom is -0.481 e. The normalized spacial score (nSPS) is 17.2. The third-order valence-corrected chi connectivity index (χ3v) is 5.71. The molecule has 1 aromatic carbocycles. The second-order valence-electron chi connectivity index (χ2n) is 7.49. The summed E-state index contributed by atoms with van der Waals surface area (Å²) < 4.78 is 0. The Labute approximate surface area is 164 Å². The Kier molecular flexibility index (Phi) is 6.73. The van der Waals surface area contributed by atoms with Crippen molar-refractivity contribution < 1.29 is 9.90 Å². The van der Waals surface area contributed by atoms with E-state index in [-0.39, 0.29) is 5.92 Å². The van der Waals surface area contributed by atoms with Crippen molar-refractivity contribution in [1.82, 2.24) is 25.5 Å². The van der Waals surface area contributed by atoms with Crippen molar-refractivity contribution in [2.24, 2.45) is 5.92 Å². The van der Waals surface area contributed by atoms with E-state index in [1.807, 2.05) is 11.8 Å². The minimum absolute atomic E-state index is 0.308. The first-order chi connectivity index (χ1) is 13.6. The molecule has 2 aromatic rings. The Morgan fingerprint density at radius 3 is 2.61 bits per heavy atom. The van der Waals surface area contributed by atoms with Gasteiger partial charge in [0.25, 0.3) is 0 Å². The molecule has 0 aliphatic carbocycles. The number of hydrogen-bond acceptors (Lipinski definition) is 5. The van der Waals surface area contributed by atoms with Crippen molar-refractivity contribution in [3.63, 3.8) is 0 Å². The van der Waals surface area contributed by atoms with Crippen LogP contribution in [0.1, 0.15) is 61.4 Å². The lowest BCUT2D eigenvalue weighted by Gasteiger charge is -2.30. The van der Waals surface area contributed by atoms with Crippen LogP contribution in [-0.2, 0) is 11.2 Å². The number of carboxylic acids is 1. The fourth-order valence-corrected chi connectivity index (χ4v) is 4.09. The molecular weight excluding hydrogens is 356 g/mol. The fourth-order valence-electron chi connectivity index (χ4n) is 4.09. The van der Waals surface area contributed by atoms with E-state index in [4.69, 9.17) is 5.41 Å². The molecule has 1 aromatic heterocycles. The second-order valence-corrected chi connectivity index (χ2v) is 7.49. The molecule has 0 saturated carbocycles. The van der Waals surface area contributed by atoms with Gasteiger partial charge in [-0.2, -0.15) is 5.21 Å². The summed E-state index contributed by atoms with van der Waals surface area (Å²) in [7, 11) is 0. The molecular formula is C20H28N6O2. The summed E-state index contributed by atoms with van der Waals surface area (Å²) in [6.07, 6.45) is 5.47. The molecule has 2 heterocycles. The third-order valence-electron chi connectivity index (χ3n) is 5.71. The number of H-pyrrole nitrogens is 1. The number of aromatic amines is 1. The second kappa shape index (κ2) is 9.43. The molecule has 1 unspecified atom stereocenters. The summed E-state index contributed by atoms with van der Waals surface area (Å²) in [4.78, 5) is 13.9. The zero-order valence-electron chi connectivity index (χ0n) is 16.2. The average molecular weight is 384 g/mol. The van der Waals surface area contributed by atoms with Crippen LogP contribution in [0.25, 0.3) is 0 Å². The number of nitrogens with one attached hydrogen (secondary N) is 2. The number of aromatic nitrogens is 4. The average Bonchev–Trinajstić information content (AvgIpc) is 3.25. The van der Waals surface area contributed by atoms with Crippen molar-refractivity contribution in [2.45, 2.75) is 50.9 Å². The van der Waals surface area contributed by atoms with Crippen LogP contribution < -0.4 is 0 Å². The molecule has 1 fully saturated rings. The Morgan fingerprint density at radius 2 is 2.07 bits per heavy atom. The first-order valence-electron chi connectivity index (χ1n) is 9.92. The van der Waals surface area contributed by atoms with Gasteiger partial charge in [-0.25, -0.2) is 0 Å². The highest BCUT2D eigenvalue weighted by Crippen LogP contribution is 2.31. The van der Waals surface area contributed by atoms with Gasteiger partial charge in [-0.1, -0.05) is 42.8 Å². The van der Waals surface area contributed by atoms with Crippen LogP contribution in [0.2, 0.25) is 0 Å². The highest BCUT2D eigenvalue weighted by atomic mass is 16.4. The highest BCUT2D eigenvalue weighted by molar-refractivity contribution is 5.71. The molecule has 28 heavy (non-hydrogen) atoms. The van der Waals surface area contributed by atoms with E-state index in [9.17, 15) is 9.90 Å². The van der Waals surface area contributed by atoms with Gasteiger partial charge in [0.2, 0.25) is 0 Å². The van der Waals surface area contributed by atoms with E-state index in [0.29, 0.717) is 24.6 Å². The van der Waals surface area contributed by atoms with Crippen LogP contribution in [0.15, 0.2) is 24.3 Å². The molecule has 3 N–H and O–H groups in total. The summed E-state index contributed by atoms with van der Waals surface area (Å²) >= 11 is 0. The van der Waals surface area contributed by atoms with Crippen LogP contribution in [0, 0.1) is 11.3 Å². The first-order valence-corrected chi connectivity index (χ1v) is 9.92. The maximum atomic E-state index is 11.8. The third kappa shape index (κ3) is 4.74. The minimum atomic E-state index is -0.814. The first kappa shape index (κ1) is 20.0. The van der Waals surface area contributed by atoms with E-state index in [2.05, 4.69) is 44.9 Å². The van der Waals surface area contributed by atoms with Gasteiger partial charge < -0.3 is 10.0 Å². The molecule has 0 bridgehead atoms. The smallest absolute Gasteiger partial charge is 0.307 e. The van der Waals surface area contributed by atoms with E-state index < -0.39 is 11.9 Å². The van der Waals surface area contributed by atoms with E-state index >= 15 is 0 Å². The lowest BCUT2D eigenvalue weighted by atomic mass is 9.82. The lowest BCUT2D eigenvalue weighted by Crippen LogP contribution is -2.31. The zero-order valence-corrected chi connectivity index (χ0v) is 16.2. The van der Waals surface area contributed by atoms with Crippen molar-refractivity contribution in [1.29, 1.82) is 5.41 Å². The number of rotatable bonds is 9. The van der Waals surface area contributed by atoms with Crippen molar-refractivity contribution in [3.8, 4) is 0 Å². The SMILES string of the molecule is CCCC(C(=O)O)[C@H](Cc1ccc(C2CCN(C=N)CC2)cc1)c1nn[nH]n1. The summed E-state index contributed by atoms with van der Waals surface area (Å²) in [5.41, 5.74) is 2.39. The Bertz CT molecular complexity index is 754. The molecule has 3 rings (SSSR count). The molecule has 0 amide bonds. The number of hydrogen-bond donors (Lipinski definition) is 3. The van der Waals surface area contributed by atoms with Crippen molar-refractivity contribution in [2.75, 3.05) is 13.1 Å². The maximum absolute atomic E-state index is 11.8. The molecule has 1 aliphatic rings. The number of benzene rings is 1. The van der Waals surface area contributed by atoms with Gasteiger partial charge in [-0.15, -0.1) is 10.2 Å². The van der Waals surface area contributed by atoms with E-state index in [1.165, 1.54) is 11.9 Å². The monoisotopic (exact) mass is 384 g/mol. The van der Waals surface area contributed by atoms with E-state index in [0.717, 1.165) is 37.9 Å². The Hall–Kier alpha value is -2.77. The van der Waals surface area contributed by atoms with Gasteiger partial charge in [0.15, 0.2) is 5.82 Å². The molecule has 8 heteroatoms. The predicted octanol–water partition coefficient (Wildman–Crippen LogP) is 2.81. The van der Waals surface area contributed by atoms with Crippen LogP contribution in [-0.4, -0.2) is 56.0 Å². The molecule has 0 radical (unpaired) electrons. The number of nitrogens with zero attached hydrogens (tertiary/aromatic N) is 4. The van der Waals surface area contributed by atoms with Crippen LogP contribution in [0.3, 0.4) is 0 Å². The zero-order chi connectivity index (χ0) is 19.9. The molecule has 150 valence electrons. The van der Waals surface area contributed by atoms with Gasteiger partial charge in [0.1, 0.15) is 0 Å².